The first-order chi connectivity index (χ1) is 18.9. The lowest BCUT2D eigenvalue weighted by Crippen LogP contribution is -2.47. The second kappa shape index (κ2) is 16.9. The van der Waals surface area contributed by atoms with Crippen molar-refractivity contribution >= 4 is 47.6 Å². The molecule has 0 atom stereocenters. The van der Waals surface area contributed by atoms with Crippen LogP contribution in [0, 0.1) is 0 Å². The maximum Gasteiger partial charge on any atom is 0.0410 e. The number of anilines is 4. The second-order valence-electron chi connectivity index (χ2n) is 10.0. The molecule has 4 nitrogen and oxygen atoms in total. The van der Waals surface area contributed by atoms with Crippen molar-refractivity contribution in [1.29, 1.82) is 0 Å². The van der Waals surface area contributed by atoms with Crippen LogP contribution in [-0.4, -0.2) is 62.2 Å². The Labute approximate surface area is 253 Å². The Morgan fingerprint density at radius 1 is 0.400 bits per heavy atom. The number of nitrogens with zero attached hydrogens (tertiary/aromatic N) is 4. The Kier molecular flexibility index (Phi) is 13.3. The smallest absolute Gasteiger partial charge is 0.0410 e. The molecule has 1 heterocycles. The van der Waals surface area contributed by atoms with E-state index in [1.165, 1.54) is 22.7 Å². The number of halogens is 2. The van der Waals surface area contributed by atoms with E-state index in [9.17, 15) is 0 Å². The third-order valence-electron chi connectivity index (χ3n) is 7.45. The van der Waals surface area contributed by atoms with E-state index < -0.39 is 0 Å². The zero-order valence-electron chi connectivity index (χ0n) is 23.2. The van der Waals surface area contributed by atoms with Crippen molar-refractivity contribution in [2.24, 2.45) is 0 Å². The van der Waals surface area contributed by atoms with Gasteiger partial charge in [-0.3, -0.25) is 0 Å². The standard InChI is InChI=1S/C34H40N4.2ClH/c1-5-15-31(16-6-1)37(32-17-7-2-8-18-32)25-13-23-35-27-29-36(30-28-35)24-14-26-38(33-19-9-3-10-20-33)34-21-11-4-12-22-34;;/h1-12,15-22H,13-14,23-30H2;2*1H. The van der Waals surface area contributed by atoms with Crippen LogP contribution in [0.25, 0.3) is 0 Å². The molecule has 0 amide bonds. The number of para-hydroxylation sites is 4. The maximum atomic E-state index is 2.64. The lowest BCUT2D eigenvalue weighted by Gasteiger charge is -2.35. The van der Waals surface area contributed by atoms with Gasteiger partial charge >= 0.3 is 0 Å². The van der Waals surface area contributed by atoms with Crippen molar-refractivity contribution < 1.29 is 0 Å². The van der Waals surface area contributed by atoms with E-state index >= 15 is 0 Å². The Morgan fingerprint density at radius 3 is 0.900 bits per heavy atom. The molecular weight excluding hydrogens is 535 g/mol. The predicted molar refractivity (Wildman–Crippen MR) is 176 cm³/mol. The van der Waals surface area contributed by atoms with Gasteiger partial charge in [-0.2, -0.15) is 0 Å². The highest BCUT2D eigenvalue weighted by Gasteiger charge is 2.18. The van der Waals surface area contributed by atoms with E-state index in [2.05, 4.69) is 141 Å². The summed E-state index contributed by atoms with van der Waals surface area (Å²) in [6, 6.07) is 43.1. The lowest BCUT2D eigenvalue weighted by molar-refractivity contribution is 0.131. The monoisotopic (exact) mass is 576 g/mol. The van der Waals surface area contributed by atoms with E-state index in [-0.39, 0.29) is 24.8 Å². The van der Waals surface area contributed by atoms with Crippen molar-refractivity contribution in [1.82, 2.24) is 9.80 Å². The molecule has 0 aromatic heterocycles. The van der Waals surface area contributed by atoms with Gasteiger partial charge < -0.3 is 19.6 Å². The van der Waals surface area contributed by atoms with Gasteiger partial charge in [0.15, 0.2) is 0 Å². The first-order valence-electron chi connectivity index (χ1n) is 14.1. The van der Waals surface area contributed by atoms with Crippen LogP contribution in [-0.2, 0) is 0 Å². The molecular formula is C34H42Cl2N4. The molecule has 4 aromatic rings. The summed E-state index contributed by atoms with van der Waals surface area (Å²) in [5.74, 6) is 0. The van der Waals surface area contributed by atoms with Crippen LogP contribution in [0.4, 0.5) is 22.7 Å². The summed E-state index contributed by atoms with van der Waals surface area (Å²) in [7, 11) is 0. The molecule has 0 unspecified atom stereocenters. The van der Waals surface area contributed by atoms with Crippen molar-refractivity contribution in [3.8, 4) is 0 Å². The van der Waals surface area contributed by atoms with Gasteiger partial charge in [0, 0.05) is 62.0 Å². The third-order valence-corrected chi connectivity index (χ3v) is 7.45. The maximum absolute atomic E-state index is 2.64. The fourth-order valence-corrected chi connectivity index (χ4v) is 5.39. The molecule has 4 aromatic carbocycles. The lowest BCUT2D eigenvalue weighted by atomic mass is 10.2. The molecule has 0 spiro atoms. The number of rotatable bonds is 12. The molecule has 6 heteroatoms. The van der Waals surface area contributed by atoms with E-state index in [1.807, 2.05) is 0 Å². The minimum absolute atomic E-state index is 0. The Morgan fingerprint density at radius 2 is 0.650 bits per heavy atom. The molecule has 1 aliphatic heterocycles. The summed E-state index contributed by atoms with van der Waals surface area (Å²) in [6.07, 6.45) is 2.32. The molecule has 5 rings (SSSR count). The highest BCUT2D eigenvalue weighted by Crippen LogP contribution is 2.26. The first-order valence-corrected chi connectivity index (χ1v) is 14.1. The van der Waals surface area contributed by atoms with Crippen molar-refractivity contribution in [2.75, 3.05) is 62.2 Å². The van der Waals surface area contributed by atoms with Crippen LogP contribution in [0.3, 0.4) is 0 Å². The molecule has 0 N–H and O–H groups in total. The highest BCUT2D eigenvalue weighted by atomic mass is 35.5. The van der Waals surface area contributed by atoms with Gasteiger partial charge in [0.25, 0.3) is 0 Å². The number of benzene rings is 4. The molecule has 1 saturated heterocycles. The van der Waals surface area contributed by atoms with Crippen LogP contribution in [0.5, 0.6) is 0 Å². The fourth-order valence-electron chi connectivity index (χ4n) is 5.39. The fraction of sp³-hybridized carbons (Fsp3) is 0.294. The summed E-state index contributed by atoms with van der Waals surface area (Å²) in [4.78, 5) is 10.2. The van der Waals surface area contributed by atoms with Crippen LogP contribution in [0.1, 0.15) is 12.8 Å². The molecule has 1 aliphatic rings. The Hall–Kier alpha value is -3.02. The van der Waals surface area contributed by atoms with Crippen LogP contribution >= 0.6 is 24.8 Å². The minimum atomic E-state index is 0. The van der Waals surface area contributed by atoms with Crippen molar-refractivity contribution in [2.45, 2.75) is 12.8 Å². The van der Waals surface area contributed by atoms with E-state index in [4.69, 9.17) is 0 Å². The van der Waals surface area contributed by atoms with Gasteiger partial charge in [0.05, 0.1) is 0 Å². The second-order valence-corrected chi connectivity index (χ2v) is 10.0. The molecule has 0 bridgehead atoms. The van der Waals surface area contributed by atoms with Gasteiger partial charge in [-0.05, 0) is 74.5 Å². The van der Waals surface area contributed by atoms with E-state index in [0.29, 0.717) is 0 Å². The number of piperazine rings is 1. The minimum Gasteiger partial charge on any atom is -0.341 e. The van der Waals surface area contributed by atoms with Crippen molar-refractivity contribution in [3.05, 3.63) is 121 Å². The first kappa shape index (κ1) is 31.5. The molecule has 1 fully saturated rings. The number of hydrogen-bond acceptors (Lipinski definition) is 4. The van der Waals surface area contributed by atoms with E-state index in [1.54, 1.807) is 0 Å². The molecule has 0 aliphatic carbocycles. The summed E-state index contributed by atoms with van der Waals surface area (Å²) >= 11 is 0. The normalized spacial score (nSPS) is 13.6. The topological polar surface area (TPSA) is 13.0 Å². The van der Waals surface area contributed by atoms with Crippen molar-refractivity contribution in [3.63, 3.8) is 0 Å². The molecule has 0 saturated carbocycles. The number of hydrogen-bond donors (Lipinski definition) is 0. The SMILES string of the molecule is Cl.Cl.c1ccc(N(CCCN2CCN(CCCN(c3ccccc3)c3ccccc3)CC2)c2ccccc2)cc1. The summed E-state index contributed by atoms with van der Waals surface area (Å²) in [5.41, 5.74) is 5.07. The van der Waals surface area contributed by atoms with Gasteiger partial charge in [-0.15, -0.1) is 24.8 Å². The zero-order chi connectivity index (χ0) is 25.8. The van der Waals surface area contributed by atoms with Gasteiger partial charge in [0.2, 0.25) is 0 Å². The van der Waals surface area contributed by atoms with Crippen LogP contribution in [0.15, 0.2) is 121 Å². The molecule has 0 radical (unpaired) electrons. The molecule has 212 valence electrons. The summed E-state index contributed by atoms with van der Waals surface area (Å²) in [6.45, 7) is 9.02. The zero-order valence-corrected chi connectivity index (χ0v) is 24.9. The van der Waals surface area contributed by atoms with Gasteiger partial charge in [-0.1, -0.05) is 72.8 Å². The largest absolute Gasteiger partial charge is 0.341 e. The van der Waals surface area contributed by atoms with Gasteiger partial charge in [-0.25, -0.2) is 0 Å². The molecule has 40 heavy (non-hydrogen) atoms. The van der Waals surface area contributed by atoms with Crippen LogP contribution < -0.4 is 9.80 Å². The van der Waals surface area contributed by atoms with Gasteiger partial charge in [0.1, 0.15) is 0 Å². The highest BCUT2D eigenvalue weighted by molar-refractivity contribution is 5.85. The average Bonchev–Trinajstić information content (AvgIpc) is 3.00. The van der Waals surface area contributed by atoms with E-state index in [0.717, 1.165) is 65.2 Å². The van der Waals surface area contributed by atoms with Crippen LogP contribution in [0.2, 0.25) is 0 Å². The Bertz CT molecular complexity index is 1010. The average molecular weight is 578 g/mol. The third kappa shape index (κ3) is 9.00. The summed E-state index contributed by atoms with van der Waals surface area (Å²) in [5, 5.41) is 0. The quantitative estimate of drug-likeness (QED) is 0.170. The summed E-state index contributed by atoms with van der Waals surface area (Å²) < 4.78 is 0. The predicted octanol–water partition coefficient (Wildman–Crippen LogP) is 7.90. The Balaban J connectivity index is 0.00000220.